The average Bonchev–Trinajstić information content (AvgIpc) is 3.19. The number of fused-ring (bicyclic) bond motifs is 7. The van der Waals surface area contributed by atoms with Gasteiger partial charge in [-0.2, -0.15) is 0 Å². The highest BCUT2D eigenvalue weighted by Crippen LogP contribution is 2.76. The van der Waals surface area contributed by atoms with Crippen molar-refractivity contribution in [2.75, 3.05) is 26.9 Å². The topological polar surface area (TPSA) is 242 Å². The predicted octanol–water partition coefficient (Wildman–Crippen LogP) is 1.08. The summed E-state index contributed by atoms with van der Waals surface area (Å²) in [6.45, 7) is 9.94. The maximum absolute atomic E-state index is 14.7. The SMILES string of the molecule is COC(=O)[C@@]1(C)CC[C@]2(C(=O)O[C@@H]3O[C@H](CO)[C@H](O)[C@H](O)[C@H]3O)CC[C@]3(C)C(=CC[C@@H]4[C@@]5(C)CC[C@H](O[C@@H]6OC[C@H](O)[C@H](O)[C@H]6O)[C@@](C)(CO)[C@@H]5CC[C@]43C)[C@@H]2C1. The number of methoxy groups -OCH3 is 1. The van der Waals surface area contributed by atoms with E-state index in [9.17, 15) is 50.4 Å². The van der Waals surface area contributed by atoms with Gasteiger partial charge in [-0.3, -0.25) is 9.59 Å². The zero-order chi connectivity index (χ0) is 41.7. The number of hydrogen-bond donors (Lipinski definition) is 8. The van der Waals surface area contributed by atoms with Gasteiger partial charge in [-0.05, 0) is 105 Å². The average molecular weight is 811 g/mol. The first kappa shape index (κ1) is 43.3. The fraction of sp³-hybridized carbons (Fsp3) is 0.905. The molecular weight excluding hydrogens is 744 g/mol. The van der Waals surface area contributed by atoms with Crippen LogP contribution in [-0.2, 0) is 33.3 Å². The molecule has 15 heteroatoms. The van der Waals surface area contributed by atoms with Crippen LogP contribution in [-0.4, -0.2) is 141 Å². The van der Waals surface area contributed by atoms with Crippen LogP contribution in [0.1, 0.15) is 98.8 Å². The second kappa shape index (κ2) is 15.0. The molecular formula is C42H66O15. The van der Waals surface area contributed by atoms with Gasteiger partial charge < -0.3 is 64.5 Å². The standard InChI is InChI=1S/C42H66O15/c1-37(35(51)53-6)13-15-42(36(52)57-34-32(50)30(48)29(47)24(18-43)55-34)16-14-40(4)21(22(42)17-37)7-8-26-38(2)11-10-27(56-33-31(49)28(46)23(45)19-54-33)39(3,20-44)25(38)9-12-41(26,40)5/h7,22-34,43-50H,8-20H2,1-6H3/t22-,23-,24+,25+,26+,27-,28-,29-,30-,31+,32+,33-,34-,37-,38-,39-,40+,41+,42-/m0/s1. The Morgan fingerprint density at radius 2 is 1.47 bits per heavy atom. The Labute approximate surface area is 334 Å². The molecule has 0 spiro atoms. The van der Waals surface area contributed by atoms with Gasteiger partial charge in [0.15, 0.2) is 6.29 Å². The van der Waals surface area contributed by atoms with Gasteiger partial charge >= 0.3 is 11.9 Å². The molecule has 57 heavy (non-hydrogen) atoms. The minimum atomic E-state index is -1.74. The molecule has 8 N–H and O–H groups in total. The van der Waals surface area contributed by atoms with E-state index >= 15 is 0 Å². The molecule has 0 aromatic rings. The summed E-state index contributed by atoms with van der Waals surface area (Å²) in [7, 11) is 1.37. The first-order valence-electron chi connectivity index (χ1n) is 20.9. The molecule has 19 atom stereocenters. The van der Waals surface area contributed by atoms with E-state index in [1.54, 1.807) is 0 Å². The highest BCUT2D eigenvalue weighted by atomic mass is 16.7. The second-order valence-corrected chi connectivity index (χ2v) is 19.9. The summed E-state index contributed by atoms with van der Waals surface area (Å²) in [4.78, 5) is 28.1. The molecule has 15 nitrogen and oxygen atoms in total. The molecule has 0 aromatic carbocycles. The molecule has 324 valence electrons. The molecule has 4 saturated carbocycles. The Morgan fingerprint density at radius 1 is 0.789 bits per heavy atom. The van der Waals surface area contributed by atoms with Crippen molar-refractivity contribution in [2.45, 2.75) is 160 Å². The van der Waals surface area contributed by atoms with Crippen molar-refractivity contribution in [1.82, 2.24) is 0 Å². The molecule has 0 amide bonds. The van der Waals surface area contributed by atoms with Gasteiger partial charge in [-0.15, -0.1) is 0 Å². The highest BCUT2D eigenvalue weighted by Gasteiger charge is 2.71. The number of esters is 2. The number of aliphatic hydroxyl groups excluding tert-OH is 8. The molecule has 0 bridgehead atoms. The molecule has 2 saturated heterocycles. The summed E-state index contributed by atoms with van der Waals surface area (Å²) in [6, 6.07) is 0. The highest BCUT2D eigenvalue weighted by molar-refractivity contribution is 5.81. The molecule has 7 rings (SSSR count). The van der Waals surface area contributed by atoms with E-state index in [1.165, 1.54) is 7.11 Å². The van der Waals surface area contributed by atoms with E-state index in [4.69, 9.17) is 23.7 Å². The van der Waals surface area contributed by atoms with Crippen LogP contribution in [0.3, 0.4) is 0 Å². The van der Waals surface area contributed by atoms with Crippen molar-refractivity contribution in [1.29, 1.82) is 0 Å². The third kappa shape index (κ3) is 6.30. The van der Waals surface area contributed by atoms with E-state index < -0.39 is 102 Å². The number of ether oxygens (including phenoxy) is 5. The van der Waals surface area contributed by atoms with Gasteiger partial charge in [0.25, 0.3) is 0 Å². The summed E-state index contributed by atoms with van der Waals surface area (Å²) >= 11 is 0. The monoisotopic (exact) mass is 810 g/mol. The quantitative estimate of drug-likeness (QED) is 0.102. The minimum absolute atomic E-state index is 0.0371. The fourth-order valence-corrected chi connectivity index (χ4v) is 13.6. The van der Waals surface area contributed by atoms with Crippen LogP contribution in [0.15, 0.2) is 11.6 Å². The van der Waals surface area contributed by atoms with Gasteiger partial charge in [-0.25, -0.2) is 0 Å². The van der Waals surface area contributed by atoms with Crippen molar-refractivity contribution in [2.24, 2.45) is 50.2 Å². The zero-order valence-corrected chi connectivity index (χ0v) is 34.2. The van der Waals surface area contributed by atoms with Crippen molar-refractivity contribution in [3.05, 3.63) is 11.6 Å². The van der Waals surface area contributed by atoms with Crippen LogP contribution in [0.5, 0.6) is 0 Å². The van der Waals surface area contributed by atoms with E-state index in [2.05, 4.69) is 26.8 Å². The van der Waals surface area contributed by atoms with Crippen LogP contribution in [0.2, 0.25) is 0 Å². The zero-order valence-electron chi connectivity index (χ0n) is 34.2. The van der Waals surface area contributed by atoms with E-state index in [1.807, 2.05) is 13.8 Å². The largest absolute Gasteiger partial charge is 0.469 e. The van der Waals surface area contributed by atoms with Crippen LogP contribution in [0.4, 0.5) is 0 Å². The number of allylic oxidation sites excluding steroid dienone is 2. The molecule has 5 aliphatic carbocycles. The number of hydrogen-bond acceptors (Lipinski definition) is 15. The summed E-state index contributed by atoms with van der Waals surface area (Å²) in [5.41, 5.74) is -2.43. The summed E-state index contributed by atoms with van der Waals surface area (Å²) in [6.07, 6.45) is -5.49. The lowest BCUT2D eigenvalue weighted by Crippen LogP contribution is -2.67. The maximum Gasteiger partial charge on any atom is 0.315 e. The Hall–Kier alpha value is -1.76. The van der Waals surface area contributed by atoms with Crippen molar-refractivity contribution < 1.29 is 74.1 Å². The maximum atomic E-state index is 14.7. The van der Waals surface area contributed by atoms with Gasteiger partial charge in [0.1, 0.15) is 42.7 Å². The van der Waals surface area contributed by atoms with Gasteiger partial charge in [-0.1, -0.05) is 39.3 Å². The predicted molar refractivity (Wildman–Crippen MR) is 199 cm³/mol. The van der Waals surface area contributed by atoms with Gasteiger partial charge in [0.2, 0.25) is 6.29 Å². The molecule has 2 heterocycles. The Balaban J connectivity index is 1.21. The van der Waals surface area contributed by atoms with E-state index in [0.717, 1.165) is 24.8 Å². The van der Waals surface area contributed by atoms with Crippen molar-refractivity contribution in [3.8, 4) is 0 Å². The number of carbonyl (C=O) groups is 2. The molecule has 0 unspecified atom stereocenters. The first-order valence-corrected chi connectivity index (χ1v) is 20.9. The Kier molecular flexibility index (Phi) is 11.4. The number of carbonyl (C=O) groups excluding carboxylic acids is 2. The van der Waals surface area contributed by atoms with Crippen molar-refractivity contribution in [3.63, 3.8) is 0 Å². The number of rotatable bonds is 7. The smallest absolute Gasteiger partial charge is 0.315 e. The lowest BCUT2D eigenvalue weighted by Gasteiger charge is -2.71. The molecule has 0 radical (unpaired) electrons. The summed E-state index contributed by atoms with van der Waals surface area (Å²) in [5, 5.41) is 83.6. The van der Waals surface area contributed by atoms with Gasteiger partial charge in [0.05, 0.1) is 43.9 Å². The minimum Gasteiger partial charge on any atom is -0.469 e. The van der Waals surface area contributed by atoms with Gasteiger partial charge in [0, 0.05) is 5.41 Å². The van der Waals surface area contributed by atoms with Crippen LogP contribution >= 0.6 is 0 Å². The normalized spacial score (nSPS) is 53.6. The van der Waals surface area contributed by atoms with Crippen molar-refractivity contribution >= 4 is 11.9 Å². The second-order valence-electron chi connectivity index (χ2n) is 19.9. The third-order valence-corrected chi connectivity index (χ3v) is 17.4. The lowest BCUT2D eigenvalue weighted by atomic mass is 9.33. The van der Waals surface area contributed by atoms with E-state index in [0.29, 0.717) is 44.9 Å². The molecule has 6 fully saturated rings. The third-order valence-electron chi connectivity index (χ3n) is 17.4. The van der Waals surface area contributed by atoms with Crippen LogP contribution < -0.4 is 0 Å². The summed E-state index contributed by atoms with van der Waals surface area (Å²) in [5.74, 6) is -1.16. The fourth-order valence-electron chi connectivity index (χ4n) is 13.6. The molecule has 2 aliphatic heterocycles. The molecule has 0 aromatic heterocycles. The Bertz CT molecular complexity index is 1570. The lowest BCUT2D eigenvalue weighted by molar-refractivity contribution is -0.312. The van der Waals surface area contributed by atoms with Crippen LogP contribution in [0.25, 0.3) is 0 Å². The van der Waals surface area contributed by atoms with E-state index in [-0.39, 0.29) is 41.8 Å². The first-order chi connectivity index (χ1) is 26.7. The number of aliphatic hydroxyl groups is 8. The Morgan fingerprint density at radius 3 is 2.14 bits per heavy atom. The molecule has 7 aliphatic rings. The van der Waals surface area contributed by atoms with Crippen LogP contribution in [0, 0.1) is 50.2 Å². The summed E-state index contributed by atoms with van der Waals surface area (Å²) < 4.78 is 28.9.